The van der Waals surface area contributed by atoms with E-state index < -0.39 is 5.97 Å². The number of thioether (sulfide) groups is 1. The number of amides is 1. The largest absolute Gasteiger partial charge is 0.476 e. The van der Waals surface area contributed by atoms with Crippen molar-refractivity contribution in [2.75, 3.05) is 18.1 Å². The van der Waals surface area contributed by atoms with Gasteiger partial charge in [-0.3, -0.25) is 4.79 Å². The van der Waals surface area contributed by atoms with Gasteiger partial charge in [-0.05, 0) is 0 Å². The molecule has 7 heteroatoms. The highest BCUT2D eigenvalue weighted by Gasteiger charge is 2.13. The van der Waals surface area contributed by atoms with Gasteiger partial charge in [-0.25, -0.2) is 9.78 Å². The molecule has 0 aliphatic rings. The van der Waals surface area contributed by atoms with E-state index in [4.69, 9.17) is 11.5 Å². The number of carbonyl (C=O) groups is 2. The van der Waals surface area contributed by atoms with Crippen LogP contribution in [-0.4, -0.2) is 40.0 Å². The van der Waals surface area contributed by atoms with Crippen LogP contribution in [0.25, 0.3) is 0 Å². The zero-order chi connectivity index (χ0) is 12.7. The first kappa shape index (κ1) is 13.5. The molecular weight excluding hydrogens is 260 g/mol. The Kier molecular flexibility index (Phi) is 5.52. The molecule has 1 aromatic heterocycles. The predicted molar refractivity (Wildman–Crippen MR) is 67.6 cm³/mol. The van der Waals surface area contributed by atoms with Crippen LogP contribution in [0.1, 0.15) is 20.3 Å². The minimum absolute atomic E-state index is 0.109. The molecule has 1 amide bonds. The molecule has 1 heterocycles. The van der Waals surface area contributed by atoms with Gasteiger partial charge in [0, 0.05) is 17.7 Å². The third-order valence-electron chi connectivity index (χ3n) is 1.63. The molecular formula is C10H10N2O3S2. The number of nitrogens with one attached hydrogen (secondary N) is 1. The summed E-state index contributed by atoms with van der Waals surface area (Å²) in [5.74, 6) is 2.31. The highest BCUT2D eigenvalue weighted by Crippen LogP contribution is 2.09. The zero-order valence-electron chi connectivity index (χ0n) is 8.80. The van der Waals surface area contributed by atoms with Crippen molar-refractivity contribution in [1.29, 1.82) is 0 Å². The Morgan fingerprint density at radius 2 is 2.41 bits per heavy atom. The molecule has 17 heavy (non-hydrogen) atoms. The molecule has 0 fully saturated rings. The molecule has 0 radical (unpaired) electrons. The zero-order valence-corrected chi connectivity index (χ0v) is 10.4. The predicted octanol–water partition coefficient (Wildman–Crippen LogP) is 0.938. The quantitative estimate of drug-likeness (QED) is 0.594. The Morgan fingerprint density at radius 1 is 1.65 bits per heavy atom. The number of hydrogen-bond acceptors (Lipinski definition) is 5. The number of aromatic nitrogens is 1. The van der Waals surface area contributed by atoms with Gasteiger partial charge in [-0.2, -0.15) is 0 Å². The van der Waals surface area contributed by atoms with Crippen LogP contribution >= 0.6 is 23.1 Å². The lowest BCUT2D eigenvalue weighted by molar-refractivity contribution is 0.0691. The lowest BCUT2D eigenvalue weighted by atomic mass is 10.5. The lowest BCUT2D eigenvalue weighted by Gasteiger charge is -2.00. The lowest BCUT2D eigenvalue weighted by Crippen LogP contribution is -2.25. The Bertz CT molecular complexity index is 451. The second-order valence-electron chi connectivity index (χ2n) is 2.86. The molecule has 0 unspecified atom stereocenters. The summed E-state index contributed by atoms with van der Waals surface area (Å²) in [7, 11) is 0. The summed E-state index contributed by atoms with van der Waals surface area (Å²) < 4.78 is 0. The van der Waals surface area contributed by atoms with Crippen molar-refractivity contribution in [3.05, 3.63) is 16.1 Å². The maximum atomic E-state index is 11.5. The molecule has 2 N–H and O–H groups in total. The summed E-state index contributed by atoms with van der Waals surface area (Å²) in [6.07, 6.45) is 5.07. The number of rotatable bonds is 6. The number of carboxylic acids is 1. The summed E-state index contributed by atoms with van der Waals surface area (Å²) in [6.45, 7) is 0.479. The standard InChI is InChI=1S/C10H10N2O3S2/c1-2-4-16-5-3-11-8(13)9-12-7(6-17-9)10(14)15/h1,6H,3-5H2,(H,11,13)(H,14,15). The van der Waals surface area contributed by atoms with E-state index in [0.717, 1.165) is 11.3 Å². The van der Waals surface area contributed by atoms with E-state index in [1.807, 2.05) is 0 Å². The number of nitrogens with zero attached hydrogens (tertiary/aromatic N) is 1. The van der Waals surface area contributed by atoms with Crippen molar-refractivity contribution in [2.45, 2.75) is 0 Å². The Labute approximate surface area is 107 Å². The van der Waals surface area contributed by atoms with E-state index in [9.17, 15) is 9.59 Å². The van der Waals surface area contributed by atoms with Crippen LogP contribution in [0.3, 0.4) is 0 Å². The fraction of sp³-hybridized carbons (Fsp3) is 0.300. The fourth-order valence-electron chi connectivity index (χ4n) is 0.920. The van der Waals surface area contributed by atoms with Crippen LogP contribution in [-0.2, 0) is 0 Å². The van der Waals surface area contributed by atoms with Gasteiger partial charge in [0.25, 0.3) is 5.91 Å². The summed E-state index contributed by atoms with van der Waals surface area (Å²) in [4.78, 5) is 25.8. The van der Waals surface area contributed by atoms with Gasteiger partial charge in [-0.1, -0.05) is 5.92 Å². The molecule has 0 aliphatic heterocycles. The number of aromatic carboxylic acids is 1. The van der Waals surface area contributed by atoms with Crippen LogP contribution in [0, 0.1) is 12.3 Å². The van der Waals surface area contributed by atoms with Crippen molar-refractivity contribution >= 4 is 35.0 Å². The van der Waals surface area contributed by atoms with Gasteiger partial charge in [0.1, 0.15) is 0 Å². The third kappa shape index (κ3) is 4.46. The number of carboxylic acid groups (broad SMARTS) is 1. The fourth-order valence-corrected chi connectivity index (χ4v) is 2.14. The highest BCUT2D eigenvalue weighted by molar-refractivity contribution is 7.99. The van der Waals surface area contributed by atoms with Gasteiger partial charge in [0.2, 0.25) is 0 Å². The van der Waals surface area contributed by atoms with Gasteiger partial charge in [0.05, 0.1) is 5.75 Å². The van der Waals surface area contributed by atoms with Gasteiger partial charge >= 0.3 is 5.97 Å². The van der Waals surface area contributed by atoms with Crippen molar-refractivity contribution < 1.29 is 14.7 Å². The smallest absolute Gasteiger partial charge is 0.355 e. The normalized spacial score (nSPS) is 9.59. The monoisotopic (exact) mass is 270 g/mol. The van der Waals surface area contributed by atoms with Gasteiger partial charge in [-0.15, -0.1) is 29.5 Å². The maximum absolute atomic E-state index is 11.5. The van der Waals surface area contributed by atoms with Gasteiger partial charge in [0.15, 0.2) is 10.7 Å². The second kappa shape index (κ2) is 6.93. The van der Waals surface area contributed by atoms with E-state index in [2.05, 4.69) is 16.2 Å². The first-order valence-corrected chi connectivity index (χ1v) is 6.67. The van der Waals surface area contributed by atoms with Crippen molar-refractivity contribution in [3.8, 4) is 12.3 Å². The minimum atomic E-state index is -1.13. The number of carbonyl (C=O) groups excluding carboxylic acids is 1. The van der Waals surface area contributed by atoms with E-state index in [1.54, 1.807) is 0 Å². The number of hydrogen-bond donors (Lipinski definition) is 2. The second-order valence-corrected chi connectivity index (χ2v) is 4.82. The topological polar surface area (TPSA) is 79.3 Å². The molecule has 0 aromatic carbocycles. The molecule has 0 saturated heterocycles. The van der Waals surface area contributed by atoms with Crippen LogP contribution < -0.4 is 5.32 Å². The Hall–Kier alpha value is -1.52. The average molecular weight is 270 g/mol. The number of thiazole rings is 1. The molecule has 0 atom stereocenters. The average Bonchev–Trinajstić information content (AvgIpc) is 2.78. The number of terminal acetylenes is 1. The van der Waals surface area contributed by atoms with Crippen molar-refractivity contribution in [1.82, 2.24) is 10.3 Å². The molecule has 0 aliphatic carbocycles. The summed E-state index contributed by atoms with van der Waals surface area (Å²) in [5.41, 5.74) is -0.109. The Balaban J connectivity index is 2.37. The summed E-state index contributed by atoms with van der Waals surface area (Å²) in [5, 5.41) is 12.8. The third-order valence-corrected chi connectivity index (χ3v) is 3.34. The molecule has 0 spiro atoms. The van der Waals surface area contributed by atoms with Crippen LogP contribution in [0.15, 0.2) is 5.38 Å². The van der Waals surface area contributed by atoms with E-state index in [-0.39, 0.29) is 16.6 Å². The highest BCUT2D eigenvalue weighted by atomic mass is 32.2. The van der Waals surface area contributed by atoms with E-state index in [1.165, 1.54) is 17.1 Å². The first-order valence-electron chi connectivity index (χ1n) is 4.63. The molecule has 90 valence electrons. The van der Waals surface area contributed by atoms with Crippen LogP contribution in [0.2, 0.25) is 0 Å². The molecule has 5 nitrogen and oxygen atoms in total. The van der Waals surface area contributed by atoms with E-state index >= 15 is 0 Å². The summed E-state index contributed by atoms with van der Waals surface area (Å²) in [6, 6.07) is 0. The minimum Gasteiger partial charge on any atom is -0.476 e. The molecule has 0 bridgehead atoms. The Morgan fingerprint density at radius 3 is 3.00 bits per heavy atom. The SMILES string of the molecule is C#CCSCCNC(=O)c1nc(C(=O)O)cs1. The molecule has 1 aromatic rings. The maximum Gasteiger partial charge on any atom is 0.355 e. The van der Waals surface area contributed by atoms with Gasteiger partial charge < -0.3 is 10.4 Å². The first-order chi connectivity index (χ1) is 8.15. The van der Waals surface area contributed by atoms with E-state index in [0.29, 0.717) is 18.1 Å². The summed E-state index contributed by atoms with van der Waals surface area (Å²) >= 11 is 2.55. The van der Waals surface area contributed by atoms with Crippen molar-refractivity contribution in [3.63, 3.8) is 0 Å². The van der Waals surface area contributed by atoms with Crippen molar-refractivity contribution in [2.24, 2.45) is 0 Å². The van der Waals surface area contributed by atoms with Crippen LogP contribution in [0.5, 0.6) is 0 Å². The van der Waals surface area contributed by atoms with Crippen LogP contribution in [0.4, 0.5) is 0 Å². The molecule has 1 rings (SSSR count). The molecule has 0 saturated carbocycles.